The zero-order valence-electron chi connectivity index (χ0n) is 20.3. The zero-order chi connectivity index (χ0) is 23.8. The minimum atomic E-state index is -2.03. The van der Waals surface area contributed by atoms with Crippen LogP contribution in [0.25, 0.3) is 0 Å². The van der Waals surface area contributed by atoms with Crippen LogP contribution in [0.4, 0.5) is 4.79 Å². The average Bonchev–Trinajstić information content (AvgIpc) is 3.02. The van der Waals surface area contributed by atoms with Crippen LogP contribution >= 0.6 is 11.8 Å². The molecule has 5 atom stereocenters. The Morgan fingerprint density at radius 3 is 2.32 bits per heavy atom. The van der Waals surface area contributed by atoms with E-state index in [0.29, 0.717) is 11.7 Å². The molecule has 2 aliphatic heterocycles. The summed E-state index contributed by atoms with van der Waals surface area (Å²) in [6.45, 7) is 18.8. The molecule has 0 aromatic carbocycles. The lowest BCUT2D eigenvalue weighted by molar-refractivity contribution is -0.162. The van der Waals surface area contributed by atoms with E-state index in [1.165, 1.54) is 16.7 Å². The molecule has 180 valence electrons. The molecule has 0 aromatic heterocycles. The van der Waals surface area contributed by atoms with Crippen molar-refractivity contribution in [3.8, 4) is 0 Å². The first-order valence-electron chi connectivity index (χ1n) is 11.0. The number of aliphatic imine (C=N–C) groups is 1. The number of hydrogen-bond acceptors (Lipinski definition) is 8. The molecule has 1 amide bonds. The number of carbonyl (C=O) groups excluding carboxylic acids is 1. The van der Waals surface area contributed by atoms with E-state index in [0.717, 1.165) is 6.42 Å². The summed E-state index contributed by atoms with van der Waals surface area (Å²) in [7, 11) is -2.03. The lowest BCUT2D eigenvalue weighted by atomic mass is 9.99. The quantitative estimate of drug-likeness (QED) is 0.585. The highest BCUT2D eigenvalue weighted by molar-refractivity contribution is 8.14. The minimum Gasteiger partial charge on any atom is -0.443 e. The predicted octanol–water partition coefficient (Wildman–Crippen LogP) is 3.57. The Hall–Kier alpha value is -0.653. The number of amides is 1. The van der Waals surface area contributed by atoms with Crippen LogP contribution in [0.15, 0.2) is 4.99 Å². The van der Waals surface area contributed by atoms with Crippen LogP contribution in [-0.2, 0) is 13.9 Å². The molecule has 0 aromatic rings. The van der Waals surface area contributed by atoms with Crippen molar-refractivity contribution in [3.05, 3.63) is 0 Å². The topological polar surface area (TPSA) is 101 Å². The first kappa shape index (κ1) is 26.6. The Morgan fingerprint density at radius 2 is 1.81 bits per heavy atom. The van der Waals surface area contributed by atoms with Gasteiger partial charge in [-0.15, -0.1) is 0 Å². The van der Waals surface area contributed by atoms with Gasteiger partial charge in [0.1, 0.15) is 35.4 Å². The van der Waals surface area contributed by atoms with Gasteiger partial charge >= 0.3 is 6.09 Å². The third kappa shape index (κ3) is 6.45. The maximum atomic E-state index is 12.7. The van der Waals surface area contributed by atoms with Crippen molar-refractivity contribution >= 4 is 31.3 Å². The molecule has 2 aliphatic rings. The molecule has 2 rings (SSSR count). The average molecular weight is 477 g/mol. The summed E-state index contributed by atoms with van der Waals surface area (Å²) in [5.74, 6) is 0. The van der Waals surface area contributed by atoms with E-state index in [2.05, 4.69) is 38.9 Å². The van der Waals surface area contributed by atoms with E-state index < -0.39 is 49.8 Å². The van der Waals surface area contributed by atoms with Gasteiger partial charge in [0, 0.05) is 6.54 Å². The van der Waals surface area contributed by atoms with E-state index in [4.69, 9.17) is 13.9 Å². The smallest absolute Gasteiger partial charge is 0.416 e. The number of aliphatic hydroxyl groups is 2. The van der Waals surface area contributed by atoms with Crippen molar-refractivity contribution in [1.82, 2.24) is 4.90 Å². The van der Waals surface area contributed by atoms with Crippen LogP contribution in [-0.4, -0.2) is 83.2 Å². The van der Waals surface area contributed by atoms with Crippen LogP contribution in [0.1, 0.15) is 54.9 Å². The molecule has 1 fully saturated rings. The molecule has 0 bridgehead atoms. The van der Waals surface area contributed by atoms with Gasteiger partial charge in [-0.3, -0.25) is 9.89 Å². The lowest BCUT2D eigenvalue weighted by Crippen LogP contribution is -2.57. The Kier molecular flexibility index (Phi) is 8.31. The molecule has 1 saturated heterocycles. The van der Waals surface area contributed by atoms with E-state index in [9.17, 15) is 15.0 Å². The highest BCUT2D eigenvalue weighted by Crippen LogP contribution is 2.40. The van der Waals surface area contributed by atoms with Gasteiger partial charge in [0.25, 0.3) is 0 Å². The number of thioether (sulfide) groups is 1. The highest BCUT2D eigenvalue weighted by atomic mass is 32.2. The summed E-state index contributed by atoms with van der Waals surface area (Å²) in [5, 5.41) is 21.9. The van der Waals surface area contributed by atoms with Gasteiger partial charge in [-0.25, -0.2) is 4.79 Å². The molecule has 10 heteroatoms. The molecule has 0 saturated carbocycles. The summed E-state index contributed by atoms with van der Waals surface area (Å²) in [4.78, 5) is 18.7. The van der Waals surface area contributed by atoms with Crippen LogP contribution in [0, 0.1) is 0 Å². The van der Waals surface area contributed by atoms with E-state index in [1.54, 1.807) is 0 Å². The second-order valence-electron chi connectivity index (χ2n) is 10.7. The number of amidine groups is 1. The van der Waals surface area contributed by atoms with Crippen molar-refractivity contribution < 1.29 is 28.9 Å². The van der Waals surface area contributed by atoms with Crippen molar-refractivity contribution in [2.45, 2.75) is 108 Å². The van der Waals surface area contributed by atoms with Crippen LogP contribution in [0.5, 0.6) is 0 Å². The molecular weight excluding hydrogens is 436 g/mol. The number of carbonyl (C=O) groups is 1. The monoisotopic (exact) mass is 476 g/mol. The summed E-state index contributed by atoms with van der Waals surface area (Å²) >= 11 is 1.28. The summed E-state index contributed by atoms with van der Waals surface area (Å²) in [5.41, 5.74) is -1.12. The predicted molar refractivity (Wildman–Crippen MR) is 126 cm³/mol. The number of nitrogens with zero attached hydrogens (tertiary/aromatic N) is 2. The molecule has 0 aliphatic carbocycles. The third-order valence-corrected chi connectivity index (χ3v) is 11.5. The van der Waals surface area contributed by atoms with Crippen molar-refractivity contribution in [2.24, 2.45) is 4.99 Å². The van der Waals surface area contributed by atoms with Crippen molar-refractivity contribution in [2.75, 3.05) is 13.2 Å². The number of aliphatic hydroxyl groups excluding tert-OH is 2. The van der Waals surface area contributed by atoms with Gasteiger partial charge in [0.2, 0.25) is 0 Å². The second-order valence-corrected chi connectivity index (χ2v) is 16.6. The fraction of sp³-hybridized carbons (Fsp3) is 0.905. The Morgan fingerprint density at radius 1 is 1.19 bits per heavy atom. The first-order valence-corrected chi connectivity index (χ1v) is 14.8. The summed E-state index contributed by atoms with van der Waals surface area (Å²) in [6, 6.07) is -0.652. The van der Waals surface area contributed by atoms with Crippen LogP contribution < -0.4 is 0 Å². The van der Waals surface area contributed by atoms with Gasteiger partial charge in [0.05, 0.1) is 6.61 Å². The molecular formula is C21H40N2O6SSi. The van der Waals surface area contributed by atoms with E-state index in [1.807, 2.05) is 27.7 Å². The molecule has 31 heavy (non-hydrogen) atoms. The van der Waals surface area contributed by atoms with Gasteiger partial charge in [-0.1, -0.05) is 39.5 Å². The van der Waals surface area contributed by atoms with Crippen LogP contribution in [0.3, 0.4) is 0 Å². The SMILES string of the molecule is CCCN(C(=O)OC(C)(C)C)C1=N[C@@H]2[C@@H](O)[C@H](O)[C@@H](CO[Si](C)(C)C(C)(C)C)O[C@@H]2S1. The maximum Gasteiger partial charge on any atom is 0.416 e. The number of fused-ring (bicyclic) bond motifs is 1. The van der Waals surface area contributed by atoms with Crippen LogP contribution in [0.2, 0.25) is 18.1 Å². The number of rotatable bonds is 5. The Labute approximate surface area is 191 Å². The van der Waals surface area contributed by atoms with Gasteiger partial charge < -0.3 is 24.1 Å². The standard InChI is InChI=1S/C21H40N2O6SSi/c1-10-11-23(19(26)29-20(2,3)4)18-22-14-16(25)15(24)13(28-17(14)30-18)12-27-31(8,9)21(5,6)7/h13-17,24-25H,10-12H2,1-9H3/t13-,14-,15-,16-,17-/m1/s1. The zero-order valence-corrected chi connectivity index (χ0v) is 22.2. The van der Waals surface area contributed by atoms with E-state index in [-0.39, 0.29) is 11.6 Å². The number of hydrogen-bond donors (Lipinski definition) is 2. The number of ether oxygens (including phenoxy) is 2. The largest absolute Gasteiger partial charge is 0.443 e. The molecule has 0 unspecified atom stereocenters. The summed E-state index contributed by atoms with van der Waals surface area (Å²) < 4.78 is 17.8. The molecule has 2 N–H and O–H groups in total. The maximum absolute atomic E-state index is 12.7. The minimum absolute atomic E-state index is 0.0280. The first-order chi connectivity index (χ1) is 14.1. The second kappa shape index (κ2) is 9.68. The third-order valence-electron chi connectivity index (χ3n) is 5.86. The van der Waals surface area contributed by atoms with Gasteiger partial charge in [-0.05, 0) is 45.3 Å². The summed E-state index contributed by atoms with van der Waals surface area (Å²) in [6.07, 6.45) is -2.63. The fourth-order valence-corrected chi connectivity index (χ4v) is 5.25. The molecule has 2 heterocycles. The van der Waals surface area contributed by atoms with Gasteiger partial charge in [-0.2, -0.15) is 0 Å². The normalized spacial score (nSPS) is 29.4. The highest BCUT2D eigenvalue weighted by Gasteiger charge is 2.50. The molecule has 0 radical (unpaired) electrons. The lowest BCUT2D eigenvalue weighted by Gasteiger charge is -2.41. The molecule has 8 nitrogen and oxygen atoms in total. The van der Waals surface area contributed by atoms with E-state index >= 15 is 0 Å². The Balaban J connectivity index is 2.11. The van der Waals surface area contributed by atoms with Crippen molar-refractivity contribution in [3.63, 3.8) is 0 Å². The Bertz CT molecular complexity index is 676. The fourth-order valence-electron chi connectivity index (χ4n) is 3.00. The van der Waals surface area contributed by atoms with Crippen molar-refractivity contribution in [1.29, 1.82) is 0 Å². The molecule has 0 spiro atoms. The van der Waals surface area contributed by atoms with Gasteiger partial charge in [0.15, 0.2) is 13.5 Å².